The first-order valence-electron chi connectivity index (χ1n) is 7.73. The van der Waals surface area contributed by atoms with E-state index in [4.69, 9.17) is 15.6 Å². The van der Waals surface area contributed by atoms with Crippen molar-refractivity contribution in [2.24, 2.45) is 0 Å². The van der Waals surface area contributed by atoms with Gasteiger partial charge in [-0.25, -0.2) is 4.79 Å². The normalized spacial score (nSPS) is 33.6. The van der Waals surface area contributed by atoms with Gasteiger partial charge in [0.1, 0.15) is 41.9 Å². The molecule has 7 atom stereocenters. The molecular formula is C14H23N3O9. The van der Waals surface area contributed by atoms with Crippen LogP contribution in [-0.2, 0) is 10.5 Å². The molecule has 1 aromatic rings. The minimum absolute atomic E-state index is 0.176. The van der Waals surface area contributed by atoms with Crippen molar-refractivity contribution in [2.75, 3.05) is 18.9 Å². The lowest BCUT2D eigenvalue weighted by atomic mass is 9.82. The fourth-order valence-electron chi connectivity index (χ4n) is 3.00. The summed E-state index contributed by atoms with van der Waals surface area (Å²) >= 11 is 0. The van der Waals surface area contributed by atoms with Crippen LogP contribution in [0.5, 0.6) is 0 Å². The molecule has 12 nitrogen and oxygen atoms in total. The molecule has 1 unspecified atom stereocenters. The van der Waals surface area contributed by atoms with E-state index >= 15 is 0 Å². The molecule has 12 heteroatoms. The number of hydrogen-bond donors (Lipinski definition) is 8. The predicted molar refractivity (Wildman–Crippen MR) is 84.6 cm³/mol. The number of nitrogens with two attached hydrogens (primary N) is 1. The van der Waals surface area contributed by atoms with E-state index in [0.29, 0.717) is 4.57 Å². The molecule has 1 aliphatic rings. The van der Waals surface area contributed by atoms with Crippen molar-refractivity contribution in [1.29, 1.82) is 0 Å². The molecule has 0 bridgehead atoms. The van der Waals surface area contributed by atoms with Crippen LogP contribution in [0.15, 0.2) is 17.1 Å². The zero-order valence-electron chi connectivity index (χ0n) is 13.9. The van der Waals surface area contributed by atoms with Crippen LogP contribution >= 0.6 is 0 Å². The van der Waals surface area contributed by atoms with E-state index in [9.17, 15) is 35.4 Å². The van der Waals surface area contributed by atoms with Crippen molar-refractivity contribution in [3.05, 3.63) is 22.7 Å². The average molecular weight is 377 g/mol. The SMILES string of the molecule is C[C@](O)(C(O)[C@@]1(n2ccc(N)nc2=O)O[C@H](CO)[C@@H](O)[C@H]1O)[C@H](O)CO. The number of ether oxygens (including phenoxy) is 1. The van der Waals surface area contributed by atoms with Crippen molar-refractivity contribution in [2.45, 2.75) is 48.8 Å². The summed E-state index contributed by atoms with van der Waals surface area (Å²) < 4.78 is 6.00. The van der Waals surface area contributed by atoms with Gasteiger partial charge in [0.15, 0.2) is 0 Å². The maximum absolute atomic E-state index is 12.3. The molecule has 0 radical (unpaired) electrons. The Hall–Kier alpha value is -1.64. The molecule has 0 saturated carbocycles. The van der Waals surface area contributed by atoms with Gasteiger partial charge >= 0.3 is 5.69 Å². The molecular weight excluding hydrogens is 354 g/mol. The molecule has 0 amide bonds. The summed E-state index contributed by atoms with van der Waals surface area (Å²) in [5.41, 5.74) is -0.717. The Kier molecular flexibility index (Phi) is 5.70. The van der Waals surface area contributed by atoms with E-state index in [-0.39, 0.29) is 5.82 Å². The molecule has 2 rings (SSSR count). The number of aromatic nitrogens is 2. The fraction of sp³-hybridized carbons (Fsp3) is 0.714. The van der Waals surface area contributed by atoms with Gasteiger partial charge in [-0.2, -0.15) is 4.98 Å². The largest absolute Gasteiger partial charge is 0.394 e. The lowest BCUT2D eigenvalue weighted by Crippen LogP contribution is -2.67. The molecule has 0 aromatic carbocycles. The van der Waals surface area contributed by atoms with E-state index in [0.717, 1.165) is 19.2 Å². The van der Waals surface area contributed by atoms with E-state index in [1.807, 2.05) is 0 Å². The van der Waals surface area contributed by atoms with E-state index in [1.54, 1.807) is 0 Å². The van der Waals surface area contributed by atoms with Gasteiger partial charge in [-0.1, -0.05) is 0 Å². The first-order valence-corrected chi connectivity index (χ1v) is 7.73. The van der Waals surface area contributed by atoms with Crippen LogP contribution in [-0.4, -0.2) is 94.6 Å². The van der Waals surface area contributed by atoms with Gasteiger partial charge < -0.3 is 46.2 Å². The Morgan fingerprint density at radius 3 is 2.50 bits per heavy atom. The van der Waals surface area contributed by atoms with Crippen molar-refractivity contribution < 1.29 is 40.5 Å². The number of aliphatic hydroxyl groups is 7. The topological polar surface area (TPSA) is 212 Å². The van der Waals surface area contributed by atoms with Crippen LogP contribution in [0.1, 0.15) is 6.92 Å². The minimum atomic E-state index is -2.54. The lowest BCUT2D eigenvalue weighted by molar-refractivity contribution is -0.271. The van der Waals surface area contributed by atoms with Crippen molar-refractivity contribution in [3.8, 4) is 0 Å². The first kappa shape index (κ1) is 20.7. The van der Waals surface area contributed by atoms with E-state index in [1.165, 1.54) is 0 Å². The summed E-state index contributed by atoms with van der Waals surface area (Å²) in [6.07, 6.45) is -8.33. The van der Waals surface area contributed by atoms with Crippen LogP contribution in [0.2, 0.25) is 0 Å². The number of rotatable bonds is 6. The number of hydrogen-bond acceptors (Lipinski definition) is 11. The second-order valence-corrected chi connectivity index (χ2v) is 6.36. The van der Waals surface area contributed by atoms with Crippen LogP contribution in [0, 0.1) is 0 Å². The van der Waals surface area contributed by atoms with Crippen LogP contribution in [0.3, 0.4) is 0 Å². The summed E-state index contributed by atoms with van der Waals surface area (Å²) in [6.45, 7) is -0.809. The molecule has 1 fully saturated rings. The van der Waals surface area contributed by atoms with Gasteiger partial charge in [0.05, 0.1) is 13.2 Å². The third-order valence-electron chi connectivity index (χ3n) is 4.64. The quantitative estimate of drug-likeness (QED) is 0.235. The Morgan fingerprint density at radius 2 is 2.04 bits per heavy atom. The Morgan fingerprint density at radius 1 is 1.42 bits per heavy atom. The Labute approximate surface area is 147 Å². The summed E-state index contributed by atoms with van der Waals surface area (Å²) in [4.78, 5) is 15.7. The number of nitrogen functional groups attached to an aromatic ring is 1. The molecule has 0 spiro atoms. The second kappa shape index (κ2) is 7.17. The highest BCUT2D eigenvalue weighted by Gasteiger charge is 2.64. The Balaban J connectivity index is 2.70. The molecule has 1 saturated heterocycles. The Bertz CT molecular complexity index is 696. The average Bonchev–Trinajstić information content (AvgIpc) is 2.85. The van der Waals surface area contributed by atoms with Crippen molar-refractivity contribution in [3.63, 3.8) is 0 Å². The lowest BCUT2D eigenvalue weighted by Gasteiger charge is -2.45. The standard InChI is InChI=1S/C14H23N3O9/c1-13(25,7(20)5-19)11(23)14(10(22)9(21)6(4-18)26-14)17-3-2-8(15)16-12(17)24/h2-3,6-7,9-11,18-23,25H,4-5H2,1H3,(H2,15,16,24)/t6-,7-,9-,10-,11?,13-,14+/m1/s1. The van der Waals surface area contributed by atoms with Gasteiger partial charge in [-0.3, -0.25) is 4.57 Å². The summed E-state index contributed by atoms with van der Waals surface area (Å²) in [5.74, 6) is -0.176. The zero-order valence-corrected chi connectivity index (χ0v) is 13.9. The van der Waals surface area contributed by atoms with Crippen LogP contribution < -0.4 is 11.4 Å². The van der Waals surface area contributed by atoms with Gasteiger partial charge in [0.2, 0.25) is 5.72 Å². The molecule has 26 heavy (non-hydrogen) atoms. The maximum atomic E-state index is 12.3. The summed E-state index contributed by atoms with van der Waals surface area (Å²) in [6, 6.07) is 1.14. The zero-order chi connectivity index (χ0) is 19.9. The number of nitrogens with zero attached hydrogens (tertiary/aromatic N) is 2. The molecule has 9 N–H and O–H groups in total. The second-order valence-electron chi connectivity index (χ2n) is 6.36. The van der Waals surface area contributed by atoms with Gasteiger partial charge in [-0.15, -0.1) is 0 Å². The highest BCUT2D eigenvalue weighted by molar-refractivity contribution is 5.24. The molecule has 148 valence electrons. The summed E-state index contributed by atoms with van der Waals surface area (Å²) in [7, 11) is 0. The predicted octanol–water partition coefficient (Wildman–Crippen LogP) is -4.94. The number of aliphatic hydroxyl groups excluding tert-OH is 6. The maximum Gasteiger partial charge on any atom is 0.352 e. The fourth-order valence-corrected chi connectivity index (χ4v) is 3.00. The van der Waals surface area contributed by atoms with E-state index < -0.39 is 60.7 Å². The first-order chi connectivity index (χ1) is 12.0. The molecule has 2 heterocycles. The molecule has 1 aliphatic heterocycles. The van der Waals surface area contributed by atoms with E-state index in [2.05, 4.69) is 4.98 Å². The third-order valence-corrected chi connectivity index (χ3v) is 4.64. The smallest absolute Gasteiger partial charge is 0.352 e. The number of anilines is 1. The van der Waals surface area contributed by atoms with Crippen molar-refractivity contribution in [1.82, 2.24) is 9.55 Å². The van der Waals surface area contributed by atoms with Gasteiger partial charge in [-0.05, 0) is 13.0 Å². The highest BCUT2D eigenvalue weighted by atomic mass is 16.6. The van der Waals surface area contributed by atoms with Crippen molar-refractivity contribution >= 4 is 5.82 Å². The molecule has 0 aliphatic carbocycles. The van der Waals surface area contributed by atoms with Gasteiger partial charge in [0.25, 0.3) is 0 Å². The van der Waals surface area contributed by atoms with Crippen LogP contribution in [0.25, 0.3) is 0 Å². The minimum Gasteiger partial charge on any atom is -0.394 e. The monoisotopic (exact) mass is 377 g/mol. The van der Waals surface area contributed by atoms with Gasteiger partial charge in [0, 0.05) is 6.20 Å². The highest BCUT2D eigenvalue weighted by Crippen LogP contribution is 2.41. The molecule has 1 aromatic heterocycles. The van der Waals surface area contributed by atoms with Crippen LogP contribution in [0.4, 0.5) is 5.82 Å². The summed E-state index contributed by atoms with van der Waals surface area (Å²) in [5, 5.41) is 70.2. The third kappa shape index (κ3) is 3.00.